The van der Waals surface area contributed by atoms with Crippen LogP contribution >= 0.6 is 0 Å². The topological polar surface area (TPSA) is 71.4 Å². The summed E-state index contributed by atoms with van der Waals surface area (Å²) >= 11 is 0. The van der Waals surface area contributed by atoms with Crippen LogP contribution in [0.2, 0.25) is 0 Å². The molecule has 2 aliphatic carbocycles. The van der Waals surface area contributed by atoms with Crippen molar-refractivity contribution in [1.82, 2.24) is 0 Å². The van der Waals surface area contributed by atoms with Crippen LogP contribution in [-0.2, 0) is 14.9 Å². The number of hydrogen-bond acceptors (Lipinski definition) is 3. The van der Waals surface area contributed by atoms with Crippen LogP contribution in [0.4, 0.5) is 0 Å². The lowest BCUT2D eigenvalue weighted by molar-refractivity contribution is -0.129. The average Bonchev–Trinajstić information content (AvgIpc) is 2.25. The molecule has 2 aliphatic rings. The number of carbonyl (C=O) groups excluding carboxylic acids is 1. The fraction of sp³-hybridized carbons (Fsp3) is 0.909. The predicted octanol–water partition coefficient (Wildman–Crippen LogP) is 1.66. The fourth-order valence-electron chi connectivity index (χ4n) is 3.65. The molecule has 0 spiro atoms. The van der Waals surface area contributed by atoms with Crippen molar-refractivity contribution in [2.45, 2.75) is 39.5 Å². The van der Waals surface area contributed by atoms with Gasteiger partial charge < -0.3 is 0 Å². The van der Waals surface area contributed by atoms with Gasteiger partial charge in [-0.3, -0.25) is 9.35 Å². The molecule has 0 saturated heterocycles. The van der Waals surface area contributed by atoms with E-state index in [0.29, 0.717) is 12.8 Å². The highest BCUT2D eigenvalue weighted by atomic mass is 32.2. The van der Waals surface area contributed by atoms with Crippen LogP contribution in [-0.4, -0.2) is 24.5 Å². The molecule has 0 aromatic rings. The van der Waals surface area contributed by atoms with Crippen molar-refractivity contribution in [2.24, 2.45) is 16.7 Å². The molecule has 2 rings (SSSR count). The second-order valence-corrected chi connectivity index (χ2v) is 7.20. The Morgan fingerprint density at radius 1 is 1.44 bits per heavy atom. The summed E-state index contributed by atoms with van der Waals surface area (Å²) in [6.07, 6.45) is 2.94. The number of ketones is 1. The van der Waals surface area contributed by atoms with Crippen molar-refractivity contribution in [3.05, 3.63) is 0 Å². The van der Waals surface area contributed by atoms with Gasteiger partial charge in [0.2, 0.25) is 0 Å². The largest absolute Gasteiger partial charge is 0.299 e. The molecule has 0 heterocycles. The molecule has 2 unspecified atom stereocenters. The van der Waals surface area contributed by atoms with Crippen molar-refractivity contribution in [2.75, 3.05) is 5.75 Å². The van der Waals surface area contributed by atoms with Crippen molar-refractivity contribution < 1.29 is 17.8 Å². The highest BCUT2D eigenvalue weighted by molar-refractivity contribution is 7.85. The molecule has 0 aromatic heterocycles. The minimum atomic E-state index is -4.09. The van der Waals surface area contributed by atoms with E-state index in [1.807, 2.05) is 13.8 Å². The lowest BCUT2D eigenvalue weighted by Crippen LogP contribution is -2.47. The summed E-state index contributed by atoms with van der Waals surface area (Å²) in [6.45, 7) is 3.93. The minimum Gasteiger partial charge on any atom is -0.299 e. The molecule has 0 amide bonds. The summed E-state index contributed by atoms with van der Waals surface area (Å²) in [4.78, 5) is 12.1. The number of carbonyl (C=O) groups is 1. The van der Waals surface area contributed by atoms with Gasteiger partial charge in [-0.2, -0.15) is 8.42 Å². The Balaban J connectivity index is 2.46. The van der Waals surface area contributed by atoms with Crippen LogP contribution < -0.4 is 0 Å². The number of Topliss-reactive ketones (excluding diaryl/α,β-unsaturated/α-hetero) is 1. The van der Waals surface area contributed by atoms with Gasteiger partial charge in [0.05, 0.1) is 11.2 Å². The molecule has 5 heteroatoms. The number of fused-ring (bicyclic) bond motifs is 2. The molecule has 0 radical (unpaired) electrons. The molecular weight excluding hydrogens is 228 g/mol. The number of rotatable bonds is 2. The van der Waals surface area contributed by atoms with E-state index in [1.165, 1.54) is 0 Å². The van der Waals surface area contributed by atoms with Crippen molar-refractivity contribution in [3.63, 3.8) is 0 Å². The van der Waals surface area contributed by atoms with Gasteiger partial charge >= 0.3 is 0 Å². The number of hydrogen-bond donors (Lipinski definition) is 1. The molecule has 2 saturated carbocycles. The Kier molecular flexibility index (Phi) is 2.48. The highest BCUT2D eigenvalue weighted by Crippen LogP contribution is 2.61. The normalized spacial score (nSPS) is 37.7. The summed E-state index contributed by atoms with van der Waals surface area (Å²) in [7, 11) is -4.09. The third-order valence-electron chi connectivity index (χ3n) is 4.80. The third-order valence-corrected chi connectivity index (χ3v) is 5.66. The van der Waals surface area contributed by atoms with Gasteiger partial charge in [-0.1, -0.05) is 20.3 Å². The maximum absolute atomic E-state index is 12.1. The van der Waals surface area contributed by atoms with Crippen LogP contribution in [0.1, 0.15) is 39.5 Å². The van der Waals surface area contributed by atoms with E-state index >= 15 is 0 Å². The predicted molar refractivity (Wildman–Crippen MR) is 59.6 cm³/mol. The Morgan fingerprint density at radius 3 is 2.62 bits per heavy atom. The van der Waals surface area contributed by atoms with E-state index in [4.69, 9.17) is 4.55 Å². The first-order chi connectivity index (χ1) is 7.19. The lowest BCUT2D eigenvalue weighted by Gasteiger charge is -2.45. The maximum atomic E-state index is 12.1. The van der Waals surface area contributed by atoms with Crippen LogP contribution in [0.5, 0.6) is 0 Å². The smallest absolute Gasteiger partial charge is 0.265 e. The second-order valence-electron chi connectivity index (χ2n) is 5.75. The molecule has 0 aliphatic heterocycles. The van der Waals surface area contributed by atoms with E-state index < -0.39 is 21.3 Å². The van der Waals surface area contributed by atoms with Gasteiger partial charge in [0.25, 0.3) is 10.1 Å². The quantitative estimate of drug-likeness (QED) is 0.752. The van der Waals surface area contributed by atoms with Crippen molar-refractivity contribution >= 4 is 15.9 Å². The zero-order chi connectivity index (χ0) is 12.2. The third kappa shape index (κ3) is 1.52. The molecule has 1 N–H and O–H groups in total. The lowest BCUT2D eigenvalue weighted by atomic mass is 9.59. The molecule has 2 fully saturated rings. The van der Waals surface area contributed by atoms with E-state index in [2.05, 4.69) is 0 Å². The monoisotopic (exact) mass is 246 g/mol. The second kappa shape index (κ2) is 3.29. The molecular formula is C11H18O4S. The Hall–Kier alpha value is -0.420. The molecule has 2 atom stereocenters. The summed E-state index contributed by atoms with van der Waals surface area (Å²) in [5, 5.41) is 0. The van der Waals surface area contributed by atoms with Gasteiger partial charge in [0, 0.05) is 6.42 Å². The van der Waals surface area contributed by atoms with Gasteiger partial charge in [0.15, 0.2) is 0 Å². The first kappa shape index (κ1) is 12.0. The van der Waals surface area contributed by atoms with Crippen LogP contribution in [0.15, 0.2) is 0 Å². The molecule has 2 bridgehead atoms. The zero-order valence-electron chi connectivity index (χ0n) is 9.69. The standard InChI is InChI=1S/C11H18O4S/c1-10(2)8-4-3-5-11(10,9(12)6-8)7-16(13,14)15/h8H,3-7H2,1-2H3,(H,13,14,15). The fourth-order valence-corrected chi connectivity index (χ4v) is 4.95. The van der Waals surface area contributed by atoms with Gasteiger partial charge in [-0.15, -0.1) is 0 Å². The average molecular weight is 246 g/mol. The summed E-state index contributed by atoms with van der Waals surface area (Å²) in [6, 6.07) is 0. The highest BCUT2D eigenvalue weighted by Gasteiger charge is 2.62. The Morgan fingerprint density at radius 2 is 2.06 bits per heavy atom. The summed E-state index contributed by atoms with van der Waals surface area (Å²) in [5.41, 5.74) is -1.15. The maximum Gasteiger partial charge on any atom is 0.265 e. The minimum absolute atomic E-state index is 0.0256. The van der Waals surface area contributed by atoms with Crippen molar-refractivity contribution in [1.29, 1.82) is 0 Å². The van der Waals surface area contributed by atoms with Crippen molar-refractivity contribution in [3.8, 4) is 0 Å². The van der Waals surface area contributed by atoms with E-state index in [9.17, 15) is 13.2 Å². The van der Waals surface area contributed by atoms with E-state index in [0.717, 1.165) is 12.8 Å². The van der Waals surface area contributed by atoms with Gasteiger partial charge in [-0.05, 0) is 24.2 Å². The SMILES string of the molecule is CC1(C)C2CCCC1(CS(=O)(=O)O)C(=O)C2. The van der Waals surface area contributed by atoms with Crippen LogP contribution in [0.25, 0.3) is 0 Å². The molecule has 4 nitrogen and oxygen atoms in total. The summed E-state index contributed by atoms with van der Waals surface area (Å²) < 4.78 is 31.3. The molecule has 92 valence electrons. The van der Waals surface area contributed by atoms with E-state index in [-0.39, 0.29) is 17.1 Å². The summed E-state index contributed by atoms with van der Waals surface area (Å²) in [5.74, 6) is -0.101. The van der Waals surface area contributed by atoms with E-state index in [1.54, 1.807) is 0 Å². The zero-order valence-corrected chi connectivity index (χ0v) is 10.5. The first-order valence-electron chi connectivity index (χ1n) is 5.67. The first-order valence-corrected chi connectivity index (χ1v) is 7.28. The molecule has 16 heavy (non-hydrogen) atoms. The molecule has 0 aromatic carbocycles. The van der Waals surface area contributed by atoms with Gasteiger partial charge in [-0.25, -0.2) is 0 Å². The Labute approximate surface area is 96.2 Å². The van der Waals surface area contributed by atoms with Gasteiger partial charge in [0.1, 0.15) is 5.78 Å². The van der Waals surface area contributed by atoms with Crippen LogP contribution in [0.3, 0.4) is 0 Å². The Bertz CT molecular complexity index is 423. The van der Waals surface area contributed by atoms with Crippen LogP contribution in [0, 0.1) is 16.7 Å².